The summed E-state index contributed by atoms with van der Waals surface area (Å²) in [6, 6.07) is -0.528. The van der Waals surface area contributed by atoms with E-state index >= 15 is 0 Å². The number of aliphatic carboxylic acids is 1. The first kappa shape index (κ1) is 74.8. The molecule has 1 aromatic rings. The van der Waals surface area contributed by atoms with Crippen molar-refractivity contribution in [3.05, 3.63) is 40.3 Å². The highest BCUT2D eigenvalue weighted by Crippen LogP contribution is 2.30. The molecule has 0 saturated carbocycles. The van der Waals surface area contributed by atoms with Crippen molar-refractivity contribution in [2.75, 3.05) is 66.9 Å². The number of rotatable bonds is 35. The first-order chi connectivity index (χ1) is 41.4. The molecular weight excluding hydrogens is 1140 g/mol. The Kier molecular flexibility index (Phi) is 30.7. The van der Waals surface area contributed by atoms with Gasteiger partial charge in [0.05, 0.1) is 55.0 Å². The smallest absolute Gasteiger partial charge is 0.306 e. The maximum atomic E-state index is 14.5. The van der Waals surface area contributed by atoms with Crippen molar-refractivity contribution in [1.82, 2.24) is 46.2 Å². The molecule has 0 aromatic heterocycles. The first-order valence-corrected chi connectivity index (χ1v) is 30.4. The summed E-state index contributed by atoms with van der Waals surface area (Å²) in [6.07, 6.45) is 0.101. The van der Waals surface area contributed by atoms with Crippen LogP contribution in [-0.4, -0.2) is 212 Å². The number of hydrogen-bond donors (Lipinski definition) is 8. The van der Waals surface area contributed by atoms with Crippen LogP contribution < -0.4 is 37.6 Å². The summed E-state index contributed by atoms with van der Waals surface area (Å²) >= 11 is 0. The highest BCUT2D eigenvalue weighted by atomic mass is 16.5. The second-order valence-corrected chi connectivity index (χ2v) is 24.2. The van der Waals surface area contributed by atoms with Gasteiger partial charge in [0.1, 0.15) is 24.2 Å². The Morgan fingerprint density at radius 1 is 0.739 bits per heavy atom. The molecule has 2 fully saturated rings. The molecule has 2 heterocycles. The quantitative estimate of drug-likeness (QED) is 0.0274. The maximum Gasteiger partial charge on any atom is 0.306 e. The van der Waals surface area contributed by atoms with Gasteiger partial charge >= 0.3 is 5.97 Å². The Morgan fingerprint density at radius 2 is 1.35 bits per heavy atom. The molecule has 0 aliphatic carbocycles. The summed E-state index contributed by atoms with van der Waals surface area (Å²) in [7, 11) is 8.32. The Bertz CT molecular complexity index is 2600. The molecule has 28 nitrogen and oxygen atoms in total. The lowest BCUT2D eigenvalue weighted by Gasteiger charge is -2.41. The SMILES string of the molecule is CC[C@H](C)[C@@H]([C@@H](CC(=O)N1CCC[C@H]1[C@H](OC)[C@@H](C)C(=O)N[C@H](CN=[N+]=[N-])Cc1ccc(NC(=O)[C@H](CC(N)=O)NC(=O)[C@H](C)NC(=O)[C@H](C)NC(=O)CCC(=O)N2CCC(C(=O)O)CC2)cc1)OC)N(C)C(=O)[C@@H](NC(=O)[C@H](C(C)C)N(C)C)C(C)C. The Morgan fingerprint density at radius 3 is 1.89 bits per heavy atom. The molecule has 88 heavy (non-hydrogen) atoms. The van der Waals surface area contributed by atoms with Crippen molar-refractivity contribution in [3.8, 4) is 0 Å². The minimum Gasteiger partial charge on any atom is -0.481 e. The average molecular weight is 1240 g/mol. The number of nitrogens with zero attached hydrogens (tertiary/aromatic N) is 7. The van der Waals surface area contributed by atoms with Crippen LogP contribution in [0.1, 0.15) is 126 Å². The lowest BCUT2D eigenvalue weighted by molar-refractivity contribution is -0.148. The number of hydrogen-bond acceptors (Lipinski definition) is 15. The number of anilines is 1. The molecule has 0 radical (unpaired) electrons. The van der Waals surface area contributed by atoms with Crippen LogP contribution in [0.3, 0.4) is 0 Å². The average Bonchev–Trinajstić information content (AvgIpc) is 2.20. The predicted octanol–water partition coefficient (Wildman–Crippen LogP) is 2.08. The van der Waals surface area contributed by atoms with Crippen molar-refractivity contribution < 1.29 is 67.3 Å². The number of carbonyl (C=O) groups excluding carboxylic acids is 10. The molecule has 0 bridgehead atoms. The van der Waals surface area contributed by atoms with Crippen LogP contribution in [0, 0.1) is 29.6 Å². The van der Waals surface area contributed by atoms with Gasteiger partial charge in [-0.3, -0.25) is 57.6 Å². The van der Waals surface area contributed by atoms with E-state index in [1.807, 2.05) is 60.5 Å². The van der Waals surface area contributed by atoms with Crippen molar-refractivity contribution in [2.24, 2.45) is 40.4 Å². The number of benzene rings is 1. The van der Waals surface area contributed by atoms with E-state index in [9.17, 15) is 63.4 Å². The second-order valence-electron chi connectivity index (χ2n) is 24.2. The molecule has 9 N–H and O–H groups in total. The summed E-state index contributed by atoms with van der Waals surface area (Å²) in [5, 5.41) is 28.9. The van der Waals surface area contributed by atoms with Crippen LogP contribution in [0.25, 0.3) is 10.4 Å². The third-order valence-electron chi connectivity index (χ3n) is 16.7. The Labute approximate surface area is 517 Å². The van der Waals surface area contributed by atoms with Gasteiger partial charge < -0.3 is 66.9 Å². The third-order valence-corrected chi connectivity index (χ3v) is 16.7. The molecule has 2 saturated heterocycles. The van der Waals surface area contributed by atoms with Gasteiger partial charge in [0.2, 0.25) is 59.1 Å². The maximum absolute atomic E-state index is 14.5. The standard InChI is InChI=1S/C60H98N14O14/c1-15-35(6)52(72(12)59(84)50(33(2)3)69-58(83)51(34(4)5)71(10)11)45(87-13)31-49(78)74-26-16-17-44(74)53(88-14)36(7)54(79)67-42(32-63-70-62)29-39-18-20-41(21-19-39)66-57(82)43(30-46(61)75)68-56(81)38(9)65-55(80)37(8)64-47(76)22-23-48(77)73-27-24-40(25-28-73)60(85)86/h18-21,33-38,40,42-45,50-53H,15-17,22-32H2,1-14H3,(H2,61,75)(H,64,76)(H,65,80)(H,66,82)(H,67,79)(H,68,81)(H,69,83)(H,85,86)/t35-,36+,37-,38-,42-,43-,44-,45+,50-,51-,52-,53+/m0/s1. The molecule has 2 aliphatic heterocycles. The minimum atomic E-state index is -1.48. The number of methoxy groups -OCH3 is 2. The summed E-state index contributed by atoms with van der Waals surface area (Å²) in [6.45, 7) is 16.8. The summed E-state index contributed by atoms with van der Waals surface area (Å²) in [5.74, 6) is -8.08. The van der Waals surface area contributed by atoms with Gasteiger partial charge in [-0.1, -0.05) is 72.1 Å². The number of carbonyl (C=O) groups is 11. The van der Waals surface area contributed by atoms with E-state index < -0.39 is 120 Å². The van der Waals surface area contributed by atoms with Gasteiger partial charge in [-0.15, -0.1) is 0 Å². The fraction of sp³-hybridized carbons (Fsp3) is 0.717. The van der Waals surface area contributed by atoms with E-state index in [0.717, 1.165) is 0 Å². The predicted molar refractivity (Wildman–Crippen MR) is 327 cm³/mol. The highest BCUT2D eigenvalue weighted by molar-refractivity contribution is 6.01. The molecule has 3 rings (SSSR count). The number of likely N-dealkylation sites (tertiary alicyclic amines) is 2. The number of piperidine rings is 1. The molecule has 0 unspecified atom stereocenters. The molecule has 492 valence electrons. The number of nitrogens with one attached hydrogen (secondary N) is 6. The number of primary amides is 1. The molecule has 1 aromatic carbocycles. The molecule has 0 spiro atoms. The molecule has 2 aliphatic rings. The van der Waals surface area contributed by atoms with Crippen molar-refractivity contribution in [2.45, 2.75) is 187 Å². The van der Waals surface area contributed by atoms with Crippen molar-refractivity contribution in [1.29, 1.82) is 0 Å². The van der Waals surface area contributed by atoms with Crippen LogP contribution in [0.2, 0.25) is 0 Å². The zero-order valence-corrected chi connectivity index (χ0v) is 53.8. The van der Waals surface area contributed by atoms with E-state index in [0.29, 0.717) is 44.2 Å². The number of likely N-dealkylation sites (N-methyl/N-ethyl adjacent to an activating group) is 2. The molecule has 12 atom stereocenters. The Balaban J connectivity index is 1.65. The van der Waals surface area contributed by atoms with Crippen molar-refractivity contribution in [3.63, 3.8) is 0 Å². The number of azide groups is 1. The molecule has 28 heteroatoms. The zero-order valence-electron chi connectivity index (χ0n) is 53.8. The number of carboxylic acid groups (broad SMARTS) is 1. The van der Waals surface area contributed by atoms with E-state index in [-0.39, 0.29) is 92.4 Å². The lowest BCUT2D eigenvalue weighted by atomic mass is 9.89. The molecular formula is C60H98N14O14. The van der Waals surface area contributed by atoms with Gasteiger partial charge in [-0.25, -0.2) is 0 Å². The number of ether oxygens (including phenoxy) is 2. The topological polar surface area (TPSA) is 386 Å². The zero-order chi connectivity index (χ0) is 66.3. The fourth-order valence-corrected chi connectivity index (χ4v) is 11.5. The van der Waals surface area contributed by atoms with Crippen LogP contribution in [0.4, 0.5) is 5.69 Å². The third kappa shape index (κ3) is 22.3. The van der Waals surface area contributed by atoms with Crippen molar-refractivity contribution >= 4 is 70.7 Å². The van der Waals surface area contributed by atoms with Crippen LogP contribution in [-0.2, 0) is 68.6 Å². The Hall–Kier alpha value is -7.42. The normalized spacial score (nSPS) is 18.2. The number of amides is 10. The summed E-state index contributed by atoms with van der Waals surface area (Å²) in [5.41, 5.74) is 15.6. The monoisotopic (exact) mass is 1240 g/mol. The first-order valence-electron chi connectivity index (χ1n) is 30.4. The largest absolute Gasteiger partial charge is 0.481 e. The minimum absolute atomic E-state index is 0.0112. The fourth-order valence-electron chi connectivity index (χ4n) is 11.5. The molecule has 10 amide bonds. The highest BCUT2D eigenvalue weighted by Gasteiger charge is 2.44. The van der Waals surface area contributed by atoms with E-state index in [2.05, 4.69) is 41.9 Å². The lowest BCUT2D eigenvalue weighted by Crippen LogP contribution is -2.59. The van der Waals surface area contributed by atoms with Gasteiger partial charge in [-0.05, 0) is 101 Å². The summed E-state index contributed by atoms with van der Waals surface area (Å²) in [4.78, 5) is 154. The van der Waals surface area contributed by atoms with Crippen LogP contribution in [0.5, 0.6) is 0 Å². The van der Waals surface area contributed by atoms with Gasteiger partial charge in [0, 0.05) is 76.9 Å². The summed E-state index contributed by atoms with van der Waals surface area (Å²) < 4.78 is 12.1. The van der Waals surface area contributed by atoms with Gasteiger partial charge in [0.15, 0.2) is 0 Å². The number of nitrogens with two attached hydrogens (primary N) is 1. The van der Waals surface area contributed by atoms with Gasteiger partial charge in [0.25, 0.3) is 0 Å². The van der Waals surface area contributed by atoms with Crippen LogP contribution >= 0.6 is 0 Å². The second kappa shape index (κ2) is 36.2. The van der Waals surface area contributed by atoms with Crippen LogP contribution in [0.15, 0.2) is 29.4 Å². The van der Waals surface area contributed by atoms with E-state index in [1.54, 1.807) is 48.0 Å². The van der Waals surface area contributed by atoms with E-state index in [4.69, 9.17) is 15.2 Å². The van der Waals surface area contributed by atoms with Gasteiger partial charge in [-0.2, -0.15) is 0 Å². The van der Waals surface area contributed by atoms with E-state index in [1.165, 1.54) is 33.0 Å². The number of carboxylic acids is 1.